The first kappa shape index (κ1) is 33.2. The number of anilines is 3. The Bertz CT molecular complexity index is 3200. The van der Waals surface area contributed by atoms with E-state index in [2.05, 4.69) is 217 Å². The molecule has 0 aliphatic rings. The third-order valence-corrected chi connectivity index (χ3v) is 12.3. The summed E-state index contributed by atoms with van der Waals surface area (Å²) in [4.78, 5) is 2.32. The van der Waals surface area contributed by atoms with Gasteiger partial charge in [-0.25, -0.2) is 0 Å². The number of para-hydroxylation sites is 2. The second-order valence-electron chi connectivity index (χ2n) is 14.5. The van der Waals surface area contributed by atoms with E-state index in [1.54, 1.807) is 0 Å². The molecule has 57 heavy (non-hydrogen) atoms. The van der Waals surface area contributed by atoms with Crippen LogP contribution < -0.4 is 4.90 Å². The topological polar surface area (TPSA) is 16.4 Å². The molecule has 0 amide bonds. The van der Waals surface area contributed by atoms with Crippen molar-refractivity contribution in [3.63, 3.8) is 0 Å². The van der Waals surface area contributed by atoms with Gasteiger partial charge in [-0.15, -0.1) is 11.3 Å². The zero-order valence-corrected chi connectivity index (χ0v) is 31.8. The summed E-state index contributed by atoms with van der Waals surface area (Å²) in [6, 6.07) is 76.1. The first-order chi connectivity index (χ1) is 28.3. The monoisotopic (exact) mass is 745 g/mol. The predicted octanol–water partition coefficient (Wildman–Crippen LogP) is 16.1. The van der Waals surface area contributed by atoms with Crippen LogP contribution >= 0.6 is 11.3 Å². The fourth-order valence-electron chi connectivity index (χ4n) is 8.35. The van der Waals surface area contributed by atoms with Crippen LogP contribution in [-0.4, -0.2) is 0 Å². The largest absolute Gasteiger partial charge is 0.453 e. The summed E-state index contributed by atoms with van der Waals surface area (Å²) in [6.07, 6.45) is 0. The van der Waals surface area contributed by atoms with Crippen molar-refractivity contribution in [1.29, 1.82) is 0 Å². The molecule has 11 rings (SSSR count). The zero-order valence-electron chi connectivity index (χ0n) is 31.0. The van der Waals surface area contributed by atoms with Crippen LogP contribution in [-0.2, 0) is 0 Å². The SMILES string of the molecule is c1ccc(-c2ccc(N(c3ccc(-c4ccc(-c5cccc6sc7ccccc7c56)cc4)cc3)c3cccc4c3oc3c(-c5ccccc5)cccc34)cc2)cc1. The highest BCUT2D eigenvalue weighted by molar-refractivity contribution is 7.25. The third-order valence-electron chi connectivity index (χ3n) is 11.1. The molecule has 2 heterocycles. The van der Waals surface area contributed by atoms with Gasteiger partial charge in [0.1, 0.15) is 5.58 Å². The average Bonchev–Trinajstić information content (AvgIpc) is 3.87. The van der Waals surface area contributed by atoms with Crippen molar-refractivity contribution >= 4 is 70.5 Å². The molecule has 2 nitrogen and oxygen atoms in total. The first-order valence-electron chi connectivity index (χ1n) is 19.3. The molecular formula is C54H35NOS. The number of benzene rings is 9. The highest BCUT2D eigenvalue weighted by atomic mass is 32.1. The Morgan fingerprint density at radius 1 is 0.316 bits per heavy atom. The van der Waals surface area contributed by atoms with Crippen LogP contribution in [0.3, 0.4) is 0 Å². The van der Waals surface area contributed by atoms with Crippen molar-refractivity contribution in [1.82, 2.24) is 0 Å². The lowest BCUT2D eigenvalue weighted by Gasteiger charge is -2.26. The van der Waals surface area contributed by atoms with Gasteiger partial charge in [-0.1, -0.05) is 170 Å². The van der Waals surface area contributed by atoms with Crippen LogP contribution in [0.25, 0.3) is 86.6 Å². The molecule has 3 heteroatoms. The van der Waals surface area contributed by atoms with Gasteiger partial charge in [-0.05, 0) is 81.4 Å². The van der Waals surface area contributed by atoms with E-state index in [1.165, 1.54) is 53.6 Å². The van der Waals surface area contributed by atoms with E-state index in [0.717, 1.165) is 50.1 Å². The minimum Gasteiger partial charge on any atom is -0.453 e. The Labute approximate surface area is 335 Å². The van der Waals surface area contributed by atoms with E-state index in [-0.39, 0.29) is 0 Å². The lowest BCUT2D eigenvalue weighted by molar-refractivity contribution is 0.670. The van der Waals surface area contributed by atoms with Gasteiger partial charge in [0.2, 0.25) is 0 Å². The molecule has 11 aromatic rings. The number of thiophene rings is 1. The number of nitrogens with zero attached hydrogens (tertiary/aromatic N) is 1. The molecule has 0 radical (unpaired) electrons. The molecule has 2 aromatic heterocycles. The molecule has 0 saturated carbocycles. The molecule has 0 unspecified atom stereocenters. The van der Waals surface area contributed by atoms with E-state index >= 15 is 0 Å². The van der Waals surface area contributed by atoms with Crippen LogP contribution in [0, 0.1) is 0 Å². The van der Waals surface area contributed by atoms with Crippen LogP contribution in [0.2, 0.25) is 0 Å². The lowest BCUT2D eigenvalue weighted by Crippen LogP contribution is -2.10. The third kappa shape index (κ3) is 5.80. The summed E-state index contributed by atoms with van der Waals surface area (Å²) in [7, 11) is 0. The molecule has 0 saturated heterocycles. The predicted molar refractivity (Wildman–Crippen MR) is 243 cm³/mol. The second kappa shape index (κ2) is 13.8. The van der Waals surface area contributed by atoms with Crippen molar-refractivity contribution in [2.45, 2.75) is 0 Å². The summed E-state index contributed by atoms with van der Waals surface area (Å²) in [6.45, 7) is 0. The standard InChI is InChI=1S/C54H35NOS/c1-3-12-36(13-4-1)38-28-32-42(33-29-38)55(49-21-10-20-47-46-19-9-18-45(53(46)56-54(47)49)40-14-5-2-6-15-40)43-34-30-39(31-35-43)37-24-26-41(27-25-37)44-17-11-23-51-52(44)48-16-7-8-22-50(48)57-51/h1-35H. The molecule has 0 aliphatic heterocycles. The van der Waals surface area contributed by atoms with E-state index < -0.39 is 0 Å². The normalized spacial score (nSPS) is 11.5. The molecule has 9 aromatic carbocycles. The minimum absolute atomic E-state index is 0.858. The minimum atomic E-state index is 0.858. The van der Waals surface area contributed by atoms with E-state index in [0.29, 0.717) is 0 Å². The molecular weight excluding hydrogens is 711 g/mol. The number of hydrogen-bond acceptors (Lipinski definition) is 3. The van der Waals surface area contributed by atoms with Gasteiger partial charge in [-0.3, -0.25) is 0 Å². The Kier molecular flexibility index (Phi) is 8.04. The van der Waals surface area contributed by atoms with E-state index in [4.69, 9.17) is 4.42 Å². The fraction of sp³-hybridized carbons (Fsp3) is 0. The van der Waals surface area contributed by atoms with Gasteiger partial charge in [0.25, 0.3) is 0 Å². The maximum Gasteiger partial charge on any atom is 0.159 e. The highest BCUT2D eigenvalue weighted by Crippen LogP contribution is 2.45. The fourth-order valence-corrected chi connectivity index (χ4v) is 9.48. The summed E-state index contributed by atoms with van der Waals surface area (Å²) in [5.41, 5.74) is 14.3. The Morgan fingerprint density at radius 2 is 0.772 bits per heavy atom. The molecule has 268 valence electrons. The van der Waals surface area contributed by atoms with Crippen LogP contribution in [0.1, 0.15) is 0 Å². The van der Waals surface area contributed by atoms with Crippen molar-refractivity contribution in [3.8, 4) is 44.5 Å². The summed E-state index contributed by atoms with van der Waals surface area (Å²) in [5, 5.41) is 4.86. The summed E-state index contributed by atoms with van der Waals surface area (Å²) >= 11 is 1.86. The molecule has 0 atom stereocenters. The molecule has 0 fully saturated rings. The molecule has 0 bridgehead atoms. The van der Waals surface area contributed by atoms with Crippen molar-refractivity contribution in [2.24, 2.45) is 0 Å². The van der Waals surface area contributed by atoms with Crippen molar-refractivity contribution < 1.29 is 4.42 Å². The smallest absolute Gasteiger partial charge is 0.159 e. The molecule has 0 spiro atoms. The van der Waals surface area contributed by atoms with E-state index in [1.807, 2.05) is 11.3 Å². The van der Waals surface area contributed by atoms with E-state index in [9.17, 15) is 0 Å². The number of rotatable bonds is 7. The van der Waals surface area contributed by atoms with Crippen LogP contribution in [0.5, 0.6) is 0 Å². The highest BCUT2D eigenvalue weighted by Gasteiger charge is 2.21. The van der Waals surface area contributed by atoms with Gasteiger partial charge in [0, 0.05) is 47.9 Å². The van der Waals surface area contributed by atoms with Crippen molar-refractivity contribution in [3.05, 3.63) is 212 Å². The first-order valence-corrected chi connectivity index (χ1v) is 20.1. The Balaban J connectivity index is 1.000. The quantitative estimate of drug-likeness (QED) is 0.162. The Hall–Kier alpha value is -7.20. The van der Waals surface area contributed by atoms with Crippen LogP contribution in [0.15, 0.2) is 217 Å². The summed E-state index contributed by atoms with van der Waals surface area (Å²) < 4.78 is 9.58. The van der Waals surface area contributed by atoms with Gasteiger partial charge in [-0.2, -0.15) is 0 Å². The van der Waals surface area contributed by atoms with Gasteiger partial charge >= 0.3 is 0 Å². The average molecular weight is 746 g/mol. The molecule has 0 aliphatic carbocycles. The maximum absolute atomic E-state index is 6.93. The Morgan fingerprint density at radius 3 is 1.46 bits per heavy atom. The number of fused-ring (bicyclic) bond motifs is 6. The molecule has 0 N–H and O–H groups in total. The maximum atomic E-state index is 6.93. The van der Waals surface area contributed by atoms with Crippen LogP contribution in [0.4, 0.5) is 17.1 Å². The lowest BCUT2D eigenvalue weighted by atomic mass is 9.97. The zero-order chi connectivity index (χ0) is 37.7. The number of hydrogen-bond donors (Lipinski definition) is 0. The second-order valence-corrected chi connectivity index (χ2v) is 15.5. The number of furan rings is 1. The van der Waals surface area contributed by atoms with Gasteiger partial charge in [0.05, 0.1) is 5.69 Å². The van der Waals surface area contributed by atoms with Crippen molar-refractivity contribution in [2.75, 3.05) is 4.90 Å². The summed E-state index contributed by atoms with van der Waals surface area (Å²) in [5.74, 6) is 0. The van der Waals surface area contributed by atoms with Gasteiger partial charge in [0.15, 0.2) is 5.58 Å². The van der Waals surface area contributed by atoms with Gasteiger partial charge < -0.3 is 9.32 Å².